The maximum absolute atomic E-state index is 12.2. The van der Waals surface area contributed by atoms with Gasteiger partial charge < -0.3 is 14.7 Å². The van der Waals surface area contributed by atoms with Crippen molar-refractivity contribution in [2.24, 2.45) is 0 Å². The summed E-state index contributed by atoms with van der Waals surface area (Å²) in [7, 11) is 0. The predicted octanol–water partition coefficient (Wildman–Crippen LogP) is 2.45. The molecule has 1 aromatic carbocycles. The maximum atomic E-state index is 12.2. The number of carbonyl (C=O) groups is 2. The predicted molar refractivity (Wildman–Crippen MR) is 87.3 cm³/mol. The highest BCUT2D eigenvalue weighted by Crippen LogP contribution is 2.36. The van der Waals surface area contributed by atoms with Crippen molar-refractivity contribution in [1.82, 2.24) is 4.90 Å². The van der Waals surface area contributed by atoms with Gasteiger partial charge in [-0.1, -0.05) is 30.3 Å². The Morgan fingerprint density at radius 2 is 1.83 bits per heavy atom. The lowest BCUT2D eigenvalue weighted by Gasteiger charge is -2.39. The van der Waals surface area contributed by atoms with Gasteiger partial charge in [0.15, 0.2) is 0 Å². The van der Waals surface area contributed by atoms with Crippen LogP contribution in [0.15, 0.2) is 30.3 Å². The second kappa shape index (κ2) is 7.59. The highest BCUT2D eigenvalue weighted by molar-refractivity contribution is 5.82. The van der Waals surface area contributed by atoms with Gasteiger partial charge in [-0.2, -0.15) is 0 Å². The molecule has 0 aromatic heterocycles. The summed E-state index contributed by atoms with van der Waals surface area (Å²) < 4.78 is 5.41. The van der Waals surface area contributed by atoms with Crippen LogP contribution in [0.1, 0.15) is 38.7 Å². The third kappa shape index (κ3) is 4.10. The summed E-state index contributed by atoms with van der Waals surface area (Å²) in [6, 6.07) is 9.33. The van der Waals surface area contributed by atoms with E-state index >= 15 is 0 Å². The fourth-order valence-corrected chi connectivity index (χ4v) is 3.06. The van der Waals surface area contributed by atoms with Crippen molar-refractivity contribution in [3.05, 3.63) is 35.9 Å². The van der Waals surface area contributed by atoms with E-state index in [2.05, 4.69) is 0 Å². The number of benzene rings is 1. The standard InChI is InChI=1S/C18H25NO4/c1-14(2)23-13-8-16(20)19-11-9-18(10-12-19,17(21)22)15-6-4-3-5-7-15/h3-7,14H,8-13H2,1-2H3,(H,21,22). The Bertz CT molecular complexity index is 533. The van der Waals surface area contributed by atoms with Crippen molar-refractivity contribution in [2.45, 2.75) is 44.6 Å². The molecule has 1 aliphatic heterocycles. The Balaban J connectivity index is 1.98. The number of likely N-dealkylation sites (tertiary alicyclic amines) is 1. The summed E-state index contributed by atoms with van der Waals surface area (Å²) in [6.07, 6.45) is 1.36. The number of piperidine rings is 1. The van der Waals surface area contributed by atoms with E-state index < -0.39 is 11.4 Å². The Morgan fingerprint density at radius 1 is 1.22 bits per heavy atom. The summed E-state index contributed by atoms with van der Waals surface area (Å²) in [5.74, 6) is -0.767. The summed E-state index contributed by atoms with van der Waals surface area (Å²) in [6.45, 7) is 5.23. The van der Waals surface area contributed by atoms with Gasteiger partial charge in [0.05, 0.1) is 24.5 Å². The van der Waals surface area contributed by atoms with Crippen molar-refractivity contribution in [2.75, 3.05) is 19.7 Å². The van der Waals surface area contributed by atoms with Crippen LogP contribution in [-0.2, 0) is 19.7 Å². The van der Waals surface area contributed by atoms with E-state index in [9.17, 15) is 14.7 Å². The Hall–Kier alpha value is -1.88. The van der Waals surface area contributed by atoms with Gasteiger partial charge in [-0.25, -0.2) is 0 Å². The zero-order chi connectivity index (χ0) is 16.9. The average Bonchev–Trinajstić information content (AvgIpc) is 2.55. The number of ether oxygens (including phenoxy) is 1. The van der Waals surface area contributed by atoms with Crippen LogP contribution in [0, 0.1) is 0 Å². The number of nitrogens with zero attached hydrogens (tertiary/aromatic N) is 1. The Morgan fingerprint density at radius 3 is 2.35 bits per heavy atom. The van der Waals surface area contributed by atoms with Crippen molar-refractivity contribution in [1.29, 1.82) is 0 Å². The summed E-state index contributed by atoms with van der Waals surface area (Å²) in [5, 5.41) is 9.75. The van der Waals surface area contributed by atoms with Crippen LogP contribution < -0.4 is 0 Å². The zero-order valence-corrected chi connectivity index (χ0v) is 13.8. The first kappa shape index (κ1) is 17.5. The van der Waals surface area contributed by atoms with Crippen LogP contribution in [-0.4, -0.2) is 47.7 Å². The minimum Gasteiger partial charge on any atom is -0.481 e. The number of hydrogen-bond donors (Lipinski definition) is 1. The lowest BCUT2D eigenvalue weighted by Crippen LogP contribution is -2.49. The van der Waals surface area contributed by atoms with Crippen LogP contribution in [0.2, 0.25) is 0 Å². The Kier molecular flexibility index (Phi) is 5.77. The minimum absolute atomic E-state index is 0.0395. The van der Waals surface area contributed by atoms with Gasteiger partial charge in [0, 0.05) is 13.1 Å². The van der Waals surface area contributed by atoms with Gasteiger partial charge in [0.2, 0.25) is 5.91 Å². The first-order chi connectivity index (χ1) is 11.0. The molecule has 0 aliphatic carbocycles. The van der Waals surface area contributed by atoms with E-state index in [1.807, 2.05) is 44.2 Å². The van der Waals surface area contributed by atoms with Gasteiger partial charge in [-0.05, 0) is 32.3 Å². The van der Waals surface area contributed by atoms with E-state index in [4.69, 9.17) is 4.74 Å². The molecule has 1 N–H and O–H groups in total. The topological polar surface area (TPSA) is 66.8 Å². The SMILES string of the molecule is CC(C)OCCC(=O)N1CCC(C(=O)O)(c2ccccc2)CC1. The number of carboxylic acid groups (broad SMARTS) is 1. The third-order valence-corrected chi connectivity index (χ3v) is 4.47. The number of rotatable bonds is 6. The average molecular weight is 319 g/mol. The normalized spacial score (nSPS) is 17.3. The molecule has 1 saturated heterocycles. The van der Waals surface area contributed by atoms with E-state index in [1.54, 1.807) is 4.90 Å². The molecule has 1 heterocycles. The van der Waals surface area contributed by atoms with Crippen molar-refractivity contribution in [3.8, 4) is 0 Å². The number of carboxylic acids is 1. The molecule has 0 spiro atoms. The molecule has 0 saturated carbocycles. The van der Waals surface area contributed by atoms with E-state index in [0.717, 1.165) is 5.56 Å². The molecule has 1 amide bonds. The maximum Gasteiger partial charge on any atom is 0.314 e. The fourth-order valence-electron chi connectivity index (χ4n) is 3.06. The molecule has 0 bridgehead atoms. The van der Waals surface area contributed by atoms with Crippen LogP contribution in [0.5, 0.6) is 0 Å². The van der Waals surface area contributed by atoms with Crippen LogP contribution in [0.3, 0.4) is 0 Å². The molecule has 2 rings (SSSR count). The molecule has 126 valence electrons. The second-order valence-electron chi connectivity index (χ2n) is 6.30. The van der Waals surface area contributed by atoms with Crippen LogP contribution >= 0.6 is 0 Å². The summed E-state index contributed by atoms with van der Waals surface area (Å²) in [5.41, 5.74) is -0.0605. The largest absolute Gasteiger partial charge is 0.481 e. The molecule has 5 nitrogen and oxygen atoms in total. The lowest BCUT2D eigenvalue weighted by molar-refractivity contribution is -0.148. The van der Waals surface area contributed by atoms with Gasteiger partial charge in [-0.15, -0.1) is 0 Å². The lowest BCUT2D eigenvalue weighted by atomic mass is 9.73. The first-order valence-corrected chi connectivity index (χ1v) is 8.14. The van der Waals surface area contributed by atoms with E-state index in [-0.39, 0.29) is 12.0 Å². The highest BCUT2D eigenvalue weighted by atomic mass is 16.5. The number of aliphatic carboxylic acids is 1. The van der Waals surface area contributed by atoms with Gasteiger partial charge >= 0.3 is 5.97 Å². The molecule has 1 fully saturated rings. The van der Waals surface area contributed by atoms with Crippen molar-refractivity contribution >= 4 is 11.9 Å². The van der Waals surface area contributed by atoms with Gasteiger partial charge in [0.25, 0.3) is 0 Å². The highest BCUT2D eigenvalue weighted by Gasteiger charge is 2.43. The van der Waals surface area contributed by atoms with Gasteiger partial charge in [-0.3, -0.25) is 9.59 Å². The number of amides is 1. The van der Waals surface area contributed by atoms with Crippen LogP contribution in [0.25, 0.3) is 0 Å². The molecule has 1 aromatic rings. The number of carbonyl (C=O) groups excluding carboxylic acids is 1. The van der Waals surface area contributed by atoms with Crippen molar-refractivity contribution in [3.63, 3.8) is 0 Å². The molecule has 0 unspecified atom stereocenters. The van der Waals surface area contributed by atoms with Crippen molar-refractivity contribution < 1.29 is 19.4 Å². The van der Waals surface area contributed by atoms with Gasteiger partial charge in [0.1, 0.15) is 0 Å². The molecular weight excluding hydrogens is 294 g/mol. The monoisotopic (exact) mass is 319 g/mol. The molecule has 1 aliphatic rings. The molecule has 5 heteroatoms. The molecule has 0 atom stereocenters. The first-order valence-electron chi connectivity index (χ1n) is 8.14. The second-order valence-corrected chi connectivity index (χ2v) is 6.30. The number of hydrogen-bond acceptors (Lipinski definition) is 3. The van der Waals surface area contributed by atoms with Crippen LogP contribution in [0.4, 0.5) is 0 Å². The summed E-state index contributed by atoms with van der Waals surface area (Å²) in [4.78, 5) is 25.8. The zero-order valence-electron chi connectivity index (χ0n) is 13.8. The minimum atomic E-state index is -0.882. The smallest absolute Gasteiger partial charge is 0.314 e. The van der Waals surface area contributed by atoms with E-state index in [0.29, 0.717) is 39.0 Å². The third-order valence-electron chi connectivity index (χ3n) is 4.47. The summed E-state index contributed by atoms with van der Waals surface area (Å²) >= 11 is 0. The Labute approximate surface area is 137 Å². The molecule has 0 radical (unpaired) electrons. The molecular formula is C18H25NO4. The molecule has 23 heavy (non-hydrogen) atoms. The fraction of sp³-hybridized carbons (Fsp3) is 0.556. The van der Waals surface area contributed by atoms with E-state index in [1.165, 1.54) is 0 Å². The quantitative estimate of drug-likeness (QED) is 0.874.